The maximum absolute atomic E-state index is 4.31. The number of benzene rings is 2. The number of hydrogen-bond donors (Lipinski definition) is 0. The van der Waals surface area contributed by atoms with Gasteiger partial charge in [0, 0.05) is 0 Å². The van der Waals surface area contributed by atoms with Gasteiger partial charge in [0.25, 0.3) is 0 Å². The maximum Gasteiger partial charge on any atom is -1.00 e. The molecule has 0 aliphatic heterocycles. The largest absolute Gasteiger partial charge is 1.00 e. The average Bonchev–Trinajstić information content (AvgIpc) is 3.55. The Labute approximate surface area is 199 Å². The summed E-state index contributed by atoms with van der Waals surface area (Å²) in [4.78, 5) is 3.32. The van der Waals surface area contributed by atoms with Crippen molar-refractivity contribution < 1.29 is 44.0 Å². The molecule has 2 aromatic heterocycles. The Morgan fingerprint density at radius 3 is 1.52 bits per heavy atom. The van der Waals surface area contributed by atoms with E-state index in [0.29, 0.717) is 0 Å². The number of tetrazole rings is 2. The molecular weight excluding hydrogens is 471 g/mol. The number of halogens is 2. The van der Waals surface area contributed by atoms with Crippen LogP contribution in [0.15, 0.2) is 61.2 Å². The smallest absolute Gasteiger partial charge is 1.00 e. The van der Waals surface area contributed by atoms with Crippen LogP contribution in [-0.2, 0) is 19.2 Å². The zero-order valence-electron chi connectivity index (χ0n) is 15.9. The van der Waals surface area contributed by atoms with Crippen molar-refractivity contribution in [1.29, 1.82) is 0 Å². The Bertz CT molecular complexity index is 1160. The van der Waals surface area contributed by atoms with E-state index in [1.807, 2.05) is 0 Å². The zero-order chi connectivity index (χ0) is 19.2. The van der Waals surface area contributed by atoms with E-state index >= 15 is 0 Å². The van der Waals surface area contributed by atoms with E-state index in [9.17, 15) is 0 Å². The molecule has 2 aliphatic rings. The van der Waals surface area contributed by atoms with Crippen molar-refractivity contribution in [2.75, 3.05) is 0 Å². The number of hydrogen-bond acceptors (Lipinski definition) is 6. The Hall–Kier alpha value is -2.65. The molecule has 0 spiro atoms. The van der Waals surface area contributed by atoms with Crippen LogP contribution in [0.3, 0.4) is 0 Å². The van der Waals surface area contributed by atoms with Gasteiger partial charge in [0.1, 0.15) is 0 Å². The van der Waals surface area contributed by atoms with Crippen molar-refractivity contribution in [3.63, 3.8) is 0 Å². The summed E-state index contributed by atoms with van der Waals surface area (Å²) in [6.07, 6.45) is 7.33. The third kappa shape index (κ3) is 3.66. The molecule has 8 nitrogen and oxygen atoms in total. The monoisotopic (exact) mass is 484 g/mol. The molecule has 31 heavy (non-hydrogen) atoms. The Morgan fingerprint density at radius 2 is 1.10 bits per heavy atom. The standard InChI is InChI=1S/2C10H7N4.2ClH.Ti/c2*1-2-4-9-6-10(5-8(9)3-1)14-12-7-11-13-14;;;/h2*1-7H;2*1H;/q;;;;+2/p-2. The number of rotatable bonds is 4. The molecule has 11 heteroatoms. The summed E-state index contributed by atoms with van der Waals surface area (Å²) in [5.74, 6) is 0. The Kier molecular flexibility index (Phi) is 6.16. The molecule has 2 heterocycles. The summed E-state index contributed by atoms with van der Waals surface area (Å²) in [6.45, 7) is 0. The molecule has 0 radical (unpaired) electrons. The molecule has 152 valence electrons. The molecule has 0 saturated carbocycles. The van der Waals surface area contributed by atoms with Crippen LogP contribution in [0.5, 0.6) is 0 Å². The van der Waals surface area contributed by atoms with E-state index in [-0.39, 0.29) is 33.3 Å². The van der Waals surface area contributed by atoms with Gasteiger partial charge in [0.2, 0.25) is 0 Å². The van der Waals surface area contributed by atoms with E-state index in [0.717, 1.165) is 11.4 Å². The summed E-state index contributed by atoms with van der Waals surface area (Å²) >= 11 is -0.624. The van der Waals surface area contributed by atoms with Crippen molar-refractivity contribution >= 4 is 23.5 Å². The van der Waals surface area contributed by atoms with E-state index < -0.39 is 19.2 Å². The minimum absolute atomic E-state index is 0. The molecule has 4 aromatic rings. The molecule has 2 aliphatic carbocycles. The van der Waals surface area contributed by atoms with Gasteiger partial charge in [-0.15, -0.1) is 0 Å². The molecule has 2 unspecified atom stereocenters. The molecule has 0 fully saturated rings. The second-order valence-corrected chi connectivity index (χ2v) is 9.20. The van der Waals surface area contributed by atoms with Gasteiger partial charge in [-0.05, 0) is 0 Å². The van der Waals surface area contributed by atoms with Crippen LogP contribution >= 0.6 is 0 Å². The first kappa shape index (κ1) is 21.6. The number of allylic oxidation sites excluding steroid dienone is 2. The third-order valence-corrected chi connectivity index (χ3v) is 8.24. The first-order valence-electron chi connectivity index (χ1n) is 9.22. The minimum atomic E-state index is -0.624. The van der Waals surface area contributed by atoms with Crippen molar-refractivity contribution in [1.82, 2.24) is 40.4 Å². The van der Waals surface area contributed by atoms with Gasteiger partial charge in [-0.3, -0.25) is 0 Å². The van der Waals surface area contributed by atoms with E-state index in [4.69, 9.17) is 0 Å². The molecular formula is C20H14Cl2N8Ti. The quantitative estimate of drug-likeness (QED) is 0.280. The summed E-state index contributed by atoms with van der Waals surface area (Å²) in [5, 5.41) is 24.8. The summed E-state index contributed by atoms with van der Waals surface area (Å²) in [5.41, 5.74) is 7.27. The fraction of sp³-hybridized carbons (Fsp3) is 0.100. The Balaban J connectivity index is 0.00000116. The van der Waals surface area contributed by atoms with Crippen LogP contribution in [0, 0.1) is 0 Å². The van der Waals surface area contributed by atoms with Gasteiger partial charge in [-0.2, -0.15) is 0 Å². The van der Waals surface area contributed by atoms with Crippen molar-refractivity contribution in [2.24, 2.45) is 0 Å². The van der Waals surface area contributed by atoms with E-state index in [2.05, 4.69) is 91.5 Å². The topological polar surface area (TPSA) is 87.2 Å². The molecule has 0 saturated heterocycles. The predicted octanol–water partition coefficient (Wildman–Crippen LogP) is -3.44. The van der Waals surface area contributed by atoms with E-state index in [1.54, 1.807) is 9.59 Å². The maximum atomic E-state index is 4.31. The van der Waals surface area contributed by atoms with Crippen LogP contribution in [0.1, 0.15) is 30.7 Å². The zero-order valence-corrected chi connectivity index (χ0v) is 19.0. The Morgan fingerprint density at radius 1 is 0.645 bits per heavy atom. The van der Waals surface area contributed by atoms with Crippen molar-refractivity contribution in [3.8, 4) is 0 Å². The number of fused-ring (bicyclic) bond motifs is 2. The van der Waals surface area contributed by atoms with Crippen LogP contribution in [0.2, 0.25) is 0 Å². The van der Waals surface area contributed by atoms with Crippen LogP contribution in [0.25, 0.3) is 23.5 Å². The molecule has 6 rings (SSSR count). The SMILES string of the molecule is C1=C(n2ncnn2)[CH]([Ti+2][CH]2C(n3ncnn3)=Cc3ccccc32)c2ccccc21.[Cl-].[Cl-]. The molecule has 0 bridgehead atoms. The second kappa shape index (κ2) is 8.84. The molecule has 0 N–H and O–H groups in total. The van der Waals surface area contributed by atoms with Gasteiger partial charge in [-0.1, -0.05) is 0 Å². The van der Waals surface area contributed by atoms with Gasteiger partial charge >= 0.3 is 175 Å². The average molecular weight is 485 g/mol. The van der Waals surface area contributed by atoms with Crippen LogP contribution < -0.4 is 24.8 Å². The molecule has 2 aromatic carbocycles. The predicted molar refractivity (Wildman–Crippen MR) is 102 cm³/mol. The first-order chi connectivity index (χ1) is 14.4. The van der Waals surface area contributed by atoms with E-state index in [1.165, 1.54) is 34.9 Å². The minimum Gasteiger partial charge on any atom is -1.00 e. The summed E-state index contributed by atoms with van der Waals surface area (Å²) in [7, 11) is 0. The third-order valence-electron chi connectivity index (χ3n) is 5.31. The van der Waals surface area contributed by atoms with Crippen molar-refractivity contribution in [3.05, 3.63) is 83.4 Å². The fourth-order valence-electron chi connectivity index (χ4n) is 4.05. The second-order valence-electron chi connectivity index (χ2n) is 6.88. The molecule has 0 amide bonds. The van der Waals surface area contributed by atoms with Gasteiger partial charge < -0.3 is 24.8 Å². The van der Waals surface area contributed by atoms with Gasteiger partial charge in [-0.25, -0.2) is 0 Å². The van der Waals surface area contributed by atoms with Gasteiger partial charge in [0.15, 0.2) is 0 Å². The van der Waals surface area contributed by atoms with Crippen molar-refractivity contribution in [2.45, 2.75) is 8.45 Å². The number of aromatic nitrogens is 8. The number of nitrogens with zero attached hydrogens (tertiary/aromatic N) is 8. The van der Waals surface area contributed by atoms with Crippen LogP contribution in [-0.4, -0.2) is 40.4 Å². The molecule has 2 atom stereocenters. The van der Waals surface area contributed by atoms with Crippen LogP contribution in [0.4, 0.5) is 0 Å². The van der Waals surface area contributed by atoms with Gasteiger partial charge in [0.05, 0.1) is 0 Å². The summed E-state index contributed by atoms with van der Waals surface area (Å²) < 4.78 is 0.506. The summed E-state index contributed by atoms with van der Waals surface area (Å²) in [6, 6.07) is 17.1. The first-order valence-corrected chi connectivity index (χ1v) is 11.0. The normalized spacial score (nSPS) is 18.1. The fourth-order valence-corrected chi connectivity index (χ4v) is 7.11.